The smallest absolute Gasteiger partial charge is 0.372 e. The number of benzene rings is 2. The first kappa shape index (κ1) is 24.4. The fourth-order valence-corrected chi connectivity index (χ4v) is 5.38. The van der Waals surface area contributed by atoms with Crippen LogP contribution in [0.15, 0.2) is 48.5 Å². The van der Waals surface area contributed by atoms with Gasteiger partial charge in [0.15, 0.2) is 0 Å². The summed E-state index contributed by atoms with van der Waals surface area (Å²) in [6.45, 7) is 3.24. The summed E-state index contributed by atoms with van der Waals surface area (Å²) in [5.74, 6) is 1.70. The number of likely N-dealkylation sites (tertiary alicyclic amines) is 1. The molecule has 2 aliphatic rings. The molecule has 0 radical (unpaired) electrons. The molecule has 182 valence electrons. The zero-order chi connectivity index (χ0) is 25.2. The minimum absolute atomic E-state index is 0.0122. The predicted molar refractivity (Wildman–Crippen MR) is 131 cm³/mol. The number of carbonyl (C=O) groups is 3. The molecule has 2 aliphatic heterocycles. The number of hydrogen-bond donors (Lipinski definition) is 2. The lowest BCUT2D eigenvalue weighted by molar-refractivity contribution is -0.127. The number of carbonyl (C=O) groups excluding carboxylic acids is 3. The Morgan fingerprint density at radius 1 is 1.20 bits per heavy atom. The van der Waals surface area contributed by atoms with E-state index in [0.717, 1.165) is 0 Å². The first-order chi connectivity index (χ1) is 16.8. The number of nitrogens with zero attached hydrogens (tertiary/aromatic N) is 2. The van der Waals surface area contributed by atoms with Crippen molar-refractivity contribution in [3.63, 3.8) is 0 Å². The molecule has 0 aromatic heterocycles. The predicted octanol–water partition coefficient (Wildman–Crippen LogP) is 1.61. The van der Waals surface area contributed by atoms with E-state index < -0.39 is 28.1 Å². The number of rotatable bonds is 6. The van der Waals surface area contributed by atoms with E-state index in [1.54, 1.807) is 53.4 Å². The van der Waals surface area contributed by atoms with Crippen molar-refractivity contribution < 1.29 is 23.9 Å². The zero-order valence-electron chi connectivity index (χ0n) is 19.6. The zero-order valence-corrected chi connectivity index (χ0v) is 19.6. The lowest BCUT2D eigenvalue weighted by Gasteiger charge is -2.42. The number of morpholine rings is 1. The molecule has 3 atom stereocenters. The number of amides is 4. The molecule has 1 unspecified atom stereocenters. The Labute approximate surface area is 204 Å². The van der Waals surface area contributed by atoms with E-state index in [2.05, 4.69) is 5.92 Å². The van der Waals surface area contributed by atoms with Gasteiger partial charge in [0, 0.05) is 48.5 Å². The van der Waals surface area contributed by atoms with Crippen molar-refractivity contribution in [2.45, 2.75) is 25.0 Å². The lowest BCUT2D eigenvalue weighted by Crippen LogP contribution is -2.70. The van der Waals surface area contributed by atoms with Gasteiger partial charge in [0.05, 0.1) is 6.61 Å². The van der Waals surface area contributed by atoms with Gasteiger partial charge in [-0.2, -0.15) is 4.48 Å². The molecule has 2 aromatic rings. The molecule has 4 N–H and O–H groups in total. The summed E-state index contributed by atoms with van der Waals surface area (Å²) < 4.78 is 10.6. The van der Waals surface area contributed by atoms with Crippen molar-refractivity contribution >= 4 is 29.2 Å². The van der Waals surface area contributed by atoms with Crippen molar-refractivity contribution in [3.8, 4) is 12.3 Å². The number of hydrogen-bond acceptors (Lipinski definition) is 5. The molecular formula is C26H29N4O5+. The fraction of sp³-hybridized carbons (Fsp3) is 0.346. The van der Waals surface area contributed by atoms with Crippen LogP contribution in [0.1, 0.15) is 24.5 Å². The SMILES string of the molecule is C#Cc1ccc([N+]2(C(N)=O)C[C@H](OCC)C[C@@]2(C(N)=O)c2ccc(N3CCOCC3=O)cc2)cc1. The van der Waals surface area contributed by atoms with Gasteiger partial charge in [-0.25, -0.2) is 4.79 Å². The molecule has 0 aliphatic carbocycles. The molecule has 4 rings (SSSR count). The Balaban J connectivity index is 1.89. The molecular weight excluding hydrogens is 448 g/mol. The van der Waals surface area contributed by atoms with Crippen molar-refractivity contribution in [1.82, 2.24) is 4.48 Å². The number of primary amides is 2. The lowest BCUT2D eigenvalue weighted by atomic mass is 9.83. The molecule has 2 fully saturated rings. The van der Waals surface area contributed by atoms with Crippen LogP contribution in [0, 0.1) is 12.3 Å². The maximum absolute atomic E-state index is 13.4. The summed E-state index contributed by atoms with van der Waals surface area (Å²) in [5, 5.41) is 0. The van der Waals surface area contributed by atoms with Crippen molar-refractivity contribution in [2.24, 2.45) is 11.5 Å². The summed E-state index contributed by atoms with van der Waals surface area (Å²) in [6, 6.07) is 13.0. The highest BCUT2D eigenvalue weighted by molar-refractivity contribution is 6.00. The maximum atomic E-state index is 13.4. The second kappa shape index (κ2) is 9.50. The standard InChI is InChI=1S/C26H28N4O5/c1-3-18-5-11-21(12-6-18)30(25(28)33)16-22(35-4-2)15-26(30,24(27)32)19-7-9-20(10-8-19)29-13-14-34-17-23(29)31/h1,5-12,22H,4,13-17H2,2H3,(H3-,27,28,32,33)/p+1/t22-,26+,30?/m1/s1. The number of quaternary nitrogens is 1. The average Bonchev–Trinajstić information content (AvgIpc) is 3.22. The topological polar surface area (TPSA) is 125 Å². The summed E-state index contributed by atoms with van der Waals surface area (Å²) in [4.78, 5) is 40.6. The van der Waals surface area contributed by atoms with Crippen molar-refractivity contribution in [3.05, 3.63) is 59.7 Å². The number of anilines is 1. The quantitative estimate of drug-likeness (QED) is 0.483. The van der Waals surface area contributed by atoms with Crippen LogP contribution in [0.4, 0.5) is 16.2 Å². The van der Waals surface area contributed by atoms with Crippen molar-refractivity contribution in [2.75, 3.05) is 37.8 Å². The van der Waals surface area contributed by atoms with Gasteiger partial charge in [-0.15, -0.1) is 6.42 Å². The first-order valence-electron chi connectivity index (χ1n) is 11.5. The van der Waals surface area contributed by atoms with Crippen LogP contribution in [0.25, 0.3) is 0 Å². The van der Waals surface area contributed by atoms with Gasteiger partial charge in [-0.3, -0.25) is 9.59 Å². The summed E-state index contributed by atoms with van der Waals surface area (Å²) in [7, 11) is 0. The second-order valence-electron chi connectivity index (χ2n) is 8.67. The minimum atomic E-state index is -1.53. The molecule has 2 aromatic carbocycles. The number of ether oxygens (including phenoxy) is 2. The van der Waals surface area contributed by atoms with Crippen LogP contribution < -0.4 is 20.9 Å². The van der Waals surface area contributed by atoms with Crippen LogP contribution in [0.3, 0.4) is 0 Å². The Morgan fingerprint density at radius 3 is 2.43 bits per heavy atom. The highest BCUT2D eigenvalue weighted by Crippen LogP contribution is 2.49. The molecule has 9 heteroatoms. The van der Waals surface area contributed by atoms with Crippen LogP contribution >= 0.6 is 0 Å². The molecule has 35 heavy (non-hydrogen) atoms. The van der Waals surface area contributed by atoms with E-state index in [-0.39, 0.29) is 25.5 Å². The van der Waals surface area contributed by atoms with Gasteiger partial charge in [-0.1, -0.05) is 18.1 Å². The third kappa shape index (κ3) is 3.86. The summed E-state index contributed by atoms with van der Waals surface area (Å²) in [5.41, 5.74) is 12.9. The van der Waals surface area contributed by atoms with Gasteiger partial charge in [0.2, 0.25) is 5.54 Å². The highest BCUT2D eigenvalue weighted by Gasteiger charge is 2.68. The van der Waals surface area contributed by atoms with Crippen LogP contribution in [-0.4, -0.2) is 56.9 Å². The Kier molecular flexibility index (Phi) is 6.63. The molecule has 2 saturated heterocycles. The largest absolute Gasteiger partial charge is 0.420 e. The Hall–Kier alpha value is -3.71. The first-order valence-corrected chi connectivity index (χ1v) is 11.5. The molecule has 9 nitrogen and oxygen atoms in total. The van der Waals surface area contributed by atoms with Gasteiger partial charge in [0.1, 0.15) is 24.9 Å². The minimum Gasteiger partial charge on any atom is -0.372 e. The van der Waals surface area contributed by atoms with E-state index >= 15 is 0 Å². The molecule has 0 saturated carbocycles. The van der Waals surface area contributed by atoms with E-state index in [9.17, 15) is 14.4 Å². The maximum Gasteiger partial charge on any atom is 0.420 e. The Morgan fingerprint density at radius 2 is 1.89 bits per heavy atom. The van der Waals surface area contributed by atoms with E-state index in [0.29, 0.717) is 42.3 Å². The normalized spacial score (nSPS) is 26.3. The number of urea groups is 1. The van der Waals surface area contributed by atoms with Crippen LogP contribution in [-0.2, 0) is 24.6 Å². The second-order valence-corrected chi connectivity index (χ2v) is 8.67. The van der Waals surface area contributed by atoms with Crippen LogP contribution in [0.2, 0.25) is 0 Å². The van der Waals surface area contributed by atoms with Gasteiger partial charge in [-0.05, 0) is 31.2 Å². The molecule has 0 bridgehead atoms. The summed E-state index contributed by atoms with van der Waals surface area (Å²) >= 11 is 0. The van der Waals surface area contributed by atoms with E-state index in [1.165, 1.54) is 0 Å². The number of terminal acetylenes is 1. The third-order valence-electron chi connectivity index (χ3n) is 6.96. The average molecular weight is 478 g/mol. The monoisotopic (exact) mass is 477 g/mol. The van der Waals surface area contributed by atoms with Crippen molar-refractivity contribution in [1.29, 1.82) is 0 Å². The third-order valence-corrected chi connectivity index (χ3v) is 6.96. The highest BCUT2D eigenvalue weighted by atomic mass is 16.5. The fourth-order valence-electron chi connectivity index (χ4n) is 5.38. The van der Waals surface area contributed by atoms with Gasteiger partial charge < -0.3 is 25.8 Å². The molecule has 0 spiro atoms. The van der Waals surface area contributed by atoms with Gasteiger partial charge >= 0.3 is 6.03 Å². The van der Waals surface area contributed by atoms with E-state index in [4.69, 9.17) is 27.4 Å². The number of nitrogens with two attached hydrogens (primary N) is 2. The van der Waals surface area contributed by atoms with Crippen LogP contribution in [0.5, 0.6) is 0 Å². The molecule has 4 amide bonds. The summed E-state index contributed by atoms with van der Waals surface area (Å²) in [6.07, 6.45) is 5.22. The van der Waals surface area contributed by atoms with Gasteiger partial charge in [0.25, 0.3) is 11.8 Å². The molecule has 2 heterocycles. The van der Waals surface area contributed by atoms with E-state index in [1.807, 2.05) is 6.92 Å². The Bertz CT molecular complexity index is 1170.